The predicted molar refractivity (Wildman–Crippen MR) is 97.8 cm³/mol. The zero-order chi connectivity index (χ0) is 18.3. The van der Waals surface area contributed by atoms with Crippen LogP contribution in [0.2, 0.25) is 5.02 Å². The topological polar surface area (TPSA) is 82.3 Å². The highest BCUT2D eigenvalue weighted by molar-refractivity contribution is 6.40. The molecule has 0 fully saturated rings. The summed E-state index contributed by atoms with van der Waals surface area (Å²) in [5.74, 6) is -1.16. The lowest BCUT2D eigenvalue weighted by atomic mass is 10.1. The second kappa shape index (κ2) is 6.16. The van der Waals surface area contributed by atoms with E-state index >= 15 is 0 Å². The monoisotopic (exact) mass is 365 g/mol. The fraction of sp³-hybridized carbons (Fsp3) is 0. The Morgan fingerprint density at radius 1 is 0.962 bits per heavy atom. The number of benzene rings is 2. The Hall–Kier alpha value is -3.38. The molecule has 3 aromatic rings. The number of nitrogens with one attached hydrogen (secondary N) is 2. The van der Waals surface area contributed by atoms with Crippen molar-refractivity contribution in [2.45, 2.75) is 0 Å². The third-order valence-electron chi connectivity index (χ3n) is 4.08. The molecule has 0 bridgehead atoms. The van der Waals surface area contributed by atoms with E-state index in [4.69, 9.17) is 11.6 Å². The second-order valence-corrected chi connectivity index (χ2v) is 6.10. The lowest BCUT2D eigenvalue weighted by molar-refractivity contribution is 0.0924. The Balaban J connectivity index is 1.62. The van der Waals surface area contributed by atoms with Crippen molar-refractivity contribution in [2.24, 2.45) is 0 Å². The Bertz CT molecular complexity index is 1010. The van der Waals surface area contributed by atoms with Crippen molar-refractivity contribution in [2.75, 3.05) is 10.2 Å². The van der Waals surface area contributed by atoms with Crippen molar-refractivity contribution in [1.82, 2.24) is 4.98 Å². The largest absolute Gasteiger partial charge is 0.357 e. The molecule has 26 heavy (non-hydrogen) atoms. The maximum absolute atomic E-state index is 12.6. The van der Waals surface area contributed by atoms with Crippen LogP contribution >= 0.6 is 11.6 Å². The number of imide groups is 1. The van der Waals surface area contributed by atoms with Gasteiger partial charge in [-0.15, -0.1) is 0 Å². The van der Waals surface area contributed by atoms with Crippen molar-refractivity contribution in [3.05, 3.63) is 82.6 Å². The van der Waals surface area contributed by atoms with Crippen LogP contribution in [0.5, 0.6) is 0 Å². The molecular weight excluding hydrogens is 354 g/mol. The maximum atomic E-state index is 12.6. The molecule has 0 radical (unpaired) electrons. The zero-order valence-electron chi connectivity index (χ0n) is 13.3. The molecular formula is C19H12ClN3O3. The minimum absolute atomic E-state index is 0.184. The first-order chi connectivity index (χ1) is 12.6. The maximum Gasteiger partial charge on any atom is 0.272 e. The number of fused-ring (bicyclic) bond motifs is 1. The number of H-pyrrole nitrogens is 1. The summed E-state index contributed by atoms with van der Waals surface area (Å²) < 4.78 is 0. The highest BCUT2D eigenvalue weighted by Gasteiger charge is 2.37. The van der Waals surface area contributed by atoms with Crippen LogP contribution in [0.4, 0.5) is 11.4 Å². The lowest BCUT2D eigenvalue weighted by Gasteiger charge is -2.16. The molecule has 6 nitrogen and oxygen atoms in total. The van der Waals surface area contributed by atoms with Gasteiger partial charge >= 0.3 is 0 Å². The van der Waals surface area contributed by atoms with E-state index in [9.17, 15) is 14.4 Å². The molecule has 0 saturated carbocycles. The van der Waals surface area contributed by atoms with E-state index < -0.39 is 11.8 Å². The summed E-state index contributed by atoms with van der Waals surface area (Å²) in [7, 11) is 0. The van der Waals surface area contributed by atoms with Gasteiger partial charge in [0.15, 0.2) is 0 Å². The van der Waals surface area contributed by atoms with Gasteiger partial charge < -0.3 is 10.3 Å². The van der Waals surface area contributed by atoms with Crippen LogP contribution < -0.4 is 10.2 Å². The number of nitrogens with zero attached hydrogens (tertiary/aromatic N) is 1. The number of aromatic amines is 1. The third-order valence-corrected chi connectivity index (χ3v) is 4.39. The minimum atomic E-state index is -0.421. The van der Waals surface area contributed by atoms with Gasteiger partial charge in [0.25, 0.3) is 17.7 Å². The lowest BCUT2D eigenvalue weighted by Crippen LogP contribution is -2.29. The van der Waals surface area contributed by atoms with E-state index in [2.05, 4.69) is 10.3 Å². The van der Waals surface area contributed by atoms with Crippen LogP contribution in [0.15, 0.2) is 60.8 Å². The summed E-state index contributed by atoms with van der Waals surface area (Å²) in [5.41, 5.74) is 1.83. The number of amides is 3. The molecule has 0 aliphatic carbocycles. The van der Waals surface area contributed by atoms with Crippen LogP contribution in [0.25, 0.3) is 0 Å². The van der Waals surface area contributed by atoms with Crippen LogP contribution in [-0.2, 0) is 0 Å². The molecule has 4 rings (SSSR count). The molecule has 1 aliphatic rings. The molecule has 128 valence electrons. The van der Waals surface area contributed by atoms with Gasteiger partial charge in [0.2, 0.25) is 0 Å². The van der Waals surface area contributed by atoms with Gasteiger partial charge in [-0.05, 0) is 42.5 Å². The number of rotatable bonds is 3. The van der Waals surface area contributed by atoms with Gasteiger partial charge in [-0.25, -0.2) is 4.90 Å². The average molecular weight is 366 g/mol. The van der Waals surface area contributed by atoms with E-state index in [0.29, 0.717) is 22.5 Å². The molecule has 1 aromatic heterocycles. The van der Waals surface area contributed by atoms with E-state index in [1.54, 1.807) is 48.7 Å². The summed E-state index contributed by atoms with van der Waals surface area (Å²) in [6.07, 6.45) is 1.65. The van der Waals surface area contributed by atoms with Crippen LogP contribution in [0.3, 0.4) is 0 Å². The van der Waals surface area contributed by atoms with E-state index in [1.165, 1.54) is 12.1 Å². The number of hydrogen-bond acceptors (Lipinski definition) is 3. The van der Waals surface area contributed by atoms with E-state index in [1.807, 2.05) is 0 Å². The molecule has 0 spiro atoms. The quantitative estimate of drug-likeness (QED) is 0.694. The predicted octanol–water partition coefficient (Wildman–Crippen LogP) is 3.72. The standard InChI is InChI=1S/C19H12ClN3O3/c20-14-10-11(22-17(24)15-6-3-9-21-15)7-8-16(14)23-18(25)12-4-1-2-5-13(12)19(23)26/h1-10,21H,(H,22,24). The van der Waals surface area contributed by atoms with Crippen molar-refractivity contribution >= 4 is 40.7 Å². The Kier molecular flexibility index (Phi) is 3.82. The van der Waals surface area contributed by atoms with Gasteiger partial charge in [0.05, 0.1) is 21.8 Å². The van der Waals surface area contributed by atoms with E-state index in [0.717, 1.165) is 4.90 Å². The Morgan fingerprint density at radius 2 is 1.65 bits per heavy atom. The van der Waals surface area contributed by atoms with Crippen molar-refractivity contribution < 1.29 is 14.4 Å². The molecule has 0 unspecified atom stereocenters. The average Bonchev–Trinajstić information content (AvgIpc) is 3.25. The van der Waals surface area contributed by atoms with Crippen LogP contribution in [0, 0.1) is 0 Å². The van der Waals surface area contributed by atoms with Gasteiger partial charge in [-0.1, -0.05) is 23.7 Å². The van der Waals surface area contributed by atoms with Crippen molar-refractivity contribution in [3.8, 4) is 0 Å². The van der Waals surface area contributed by atoms with Gasteiger partial charge in [0, 0.05) is 11.9 Å². The molecule has 2 N–H and O–H groups in total. The SMILES string of the molecule is O=C(Nc1ccc(N2C(=O)c3ccccc3C2=O)c(Cl)c1)c1ccc[nH]1. The molecule has 0 atom stereocenters. The van der Waals surface area contributed by atoms with Crippen LogP contribution in [0.1, 0.15) is 31.2 Å². The minimum Gasteiger partial charge on any atom is -0.357 e. The summed E-state index contributed by atoms with van der Waals surface area (Å²) >= 11 is 6.29. The number of anilines is 2. The van der Waals surface area contributed by atoms with Gasteiger partial charge in [-0.2, -0.15) is 0 Å². The Morgan fingerprint density at radius 3 is 2.23 bits per heavy atom. The molecule has 2 aromatic carbocycles. The normalized spacial score (nSPS) is 13.0. The number of carbonyl (C=O) groups is 3. The van der Waals surface area contributed by atoms with Crippen molar-refractivity contribution in [3.63, 3.8) is 0 Å². The summed E-state index contributed by atoms with van der Waals surface area (Å²) in [5, 5.41) is 2.88. The molecule has 7 heteroatoms. The van der Waals surface area contributed by atoms with Gasteiger partial charge in [-0.3, -0.25) is 14.4 Å². The number of halogens is 1. The summed E-state index contributed by atoms with van der Waals surface area (Å²) in [4.78, 5) is 41.0. The fourth-order valence-electron chi connectivity index (χ4n) is 2.84. The summed E-state index contributed by atoms with van der Waals surface area (Å²) in [6.45, 7) is 0. The number of aromatic nitrogens is 1. The molecule has 1 aliphatic heterocycles. The fourth-order valence-corrected chi connectivity index (χ4v) is 3.11. The number of carbonyl (C=O) groups excluding carboxylic acids is 3. The first kappa shape index (κ1) is 16.1. The molecule has 0 saturated heterocycles. The second-order valence-electron chi connectivity index (χ2n) is 5.70. The summed E-state index contributed by atoms with van der Waals surface area (Å²) in [6, 6.07) is 14.6. The first-order valence-electron chi connectivity index (χ1n) is 7.78. The first-order valence-corrected chi connectivity index (χ1v) is 8.16. The highest BCUT2D eigenvalue weighted by atomic mass is 35.5. The molecule has 2 heterocycles. The van der Waals surface area contributed by atoms with Gasteiger partial charge in [0.1, 0.15) is 5.69 Å². The number of hydrogen-bond donors (Lipinski definition) is 2. The van der Waals surface area contributed by atoms with Crippen LogP contribution in [-0.4, -0.2) is 22.7 Å². The smallest absolute Gasteiger partial charge is 0.272 e. The van der Waals surface area contributed by atoms with Crippen molar-refractivity contribution in [1.29, 1.82) is 0 Å². The van der Waals surface area contributed by atoms with E-state index in [-0.39, 0.29) is 16.6 Å². The molecule has 3 amide bonds. The third kappa shape index (κ3) is 2.57. The highest BCUT2D eigenvalue weighted by Crippen LogP contribution is 2.34. The Labute approximate surface area is 153 Å². The zero-order valence-corrected chi connectivity index (χ0v) is 14.1.